The Morgan fingerprint density at radius 1 is 1.39 bits per heavy atom. The molecule has 2 aliphatic heterocycles. The SMILES string of the molecule is CC1(c2ccc(OC(F)F)cc2)NC(=O)N(CC(=O)NCC2CCCO2)C1=O. The van der Waals surface area contributed by atoms with Crippen LogP contribution in [-0.2, 0) is 19.9 Å². The summed E-state index contributed by atoms with van der Waals surface area (Å²) in [6.07, 6.45) is 1.74. The lowest BCUT2D eigenvalue weighted by molar-refractivity contribution is -0.134. The number of benzene rings is 1. The Hall–Kier alpha value is -2.75. The highest BCUT2D eigenvalue weighted by Gasteiger charge is 2.49. The Labute approximate surface area is 160 Å². The number of hydrogen-bond donors (Lipinski definition) is 2. The average Bonchev–Trinajstić information content (AvgIpc) is 3.23. The predicted molar refractivity (Wildman–Crippen MR) is 92.7 cm³/mol. The maximum Gasteiger partial charge on any atom is 0.387 e. The van der Waals surface area contributed by atoms with Gasteiger partial charge < -0.3 is 20.1 Å². The van der Waals surface area contributed by atoms with Gasteiger partial charge in [-0.15, -0.1) is 0 Å². The fourth-order valence-corrected chi connectivity index (χ4v) is 3.24. The molecule has 0 spiro atoms. The van der Waals surface area contributed by atoms with Crippen molar-refractivity contribution in [2.45, 2.75) is 38.0 Å². The van der Waals surface area contributed by atoms with E-state index >= 15 is 0 Å². The molecule has 0 saturated carbocycles. The predicted octanol–water partition coefficient (Wildman–Crippen LogP) is 1.35. The second-order valence-corrected chi connectivity index (χ2v) is 6.79. The van der Waals surface area contributed by atoms with Crippen molar-refractivity contribution in [1.82, 2.24) is 15.5 Å². The molecule has 3 rings (SSSR count). The van der Waals surface area contributed by atoms with Gasteiger partial charge in [0.1, 0.15) is 17.8 Å². The molecule has 1 aromatic rings. The van der Waals surface area contributed by atoms with E-state index in [2.05, 4.69) is 15.4 Å². The van der Waals surface area contributed by atoms with Gasteiger partial charge in [-0.25, -0.2) is 4.79 Å². The van der Waals surface area contributed by atoms with Crippen LogP contribution in [0.3, 0.4) is 0 Å². The van der Waals surface area contributed by atoms with Crippen molar-refractivity contribution in [3.8, 4) is 5.75 Å². The molecule has 0 radical (unpaired) electrons. The Balaban J connectivity index is 1.63. The van der Waals surface area contributed by atoms with Gasteiger partial charge >= 0.3 is 12.6 Å². The Morgan fingerprint density at radius 2 is 2.11 bits per heavy atom. The van der Waals surface area contributed by atoms with Crippen LogP contribution < -0.4 is 15.4 Å². The molecule has 2 heterocycles. The van der Waals surface area contributed by atoms with Crippen LogP contribution in [0.2, 0.25) is 0 Å². The van der Waals surface area contributed by atoms with E-state index in [1.165, 1.54) is 31.2 Å². The number of hydrogen-bond acceptors (Lipinski definition) is 5. The van der Waals surface area contributed by atoms with Crippen molar-refractivity contribution in [1.29, 1.82) is 0 Å². The van der Waals surface area contributed by atoms with Crippen molar-refractivity contribution in [3.63, 3.8) is 0 Å². The monoisotopic (exact) mass is 397 g/mol. The van der Waals surface area contributed by atoms with Crippen molar-refractivity contribution in [2.24, 2.45) is 0 Å². The number of ether oxygens (including phenoxy) is 2. The number of amides is 4. The summed E-state index contributed by atoms with van der Waals surface area (Å²) >= 11 is 0. The van der Waals surface area contributed by atoms with E-state index in [1.807, 2.05) is 0 Å². The summed E-state index contributed by atoms with van der Waals surface area (Å²) in [4.78, 5) is 38.0. The number of rotatable bonds is 7. The molecule has 2 saturated heterocycles. The minimum absolute atomic E-state index is 0.0497. The van der Waals surface area contributed by atoms with Gasteiger partial charge in [-0.05, 0) is 37.5 Å². The van der Waals surface area contributed by atoms with Crippen molar-refractivity contribution < 1.29 is 32.6 Å². The van der Waals surface area contributed by atoms with E-state index in [0.717, 1.165) is 17.7 Å². The maximum atomic E-state index is 12.8. The molecule has 4 amide bonds. The van der Waals surface area contributed by atoms with E-state index in [9.17, 15) is 23.2 Å². The Kier molecular flexibility index (Phi) is 5.78. The van der Waals surface area contributed by atoms with Crippen LogP contribution in [-0.4, -0.2) is 55.2 Å². The summed E-state index contributed by atoms with van der Waals surface area (Å²) in [5, 5.41) is 5.21. The second kappa shape index (κ2) is 8.09. The number of nitrogens with one attached hydrogen (secondary N) is 2. The summed E-state index contributed by atoms with van der Waals surface area (Å²) in [6, 6.07) is 4.69. The number of carbonyl (C=O) groups excluding carboxylic acids is 3. The molecule has 2 aliphatic rings. The number of carbonyl (C=O) groups is 3. The Bertz CT molecular complexity index is 752. The second-order valence-electron chi connectivity index (χ2n) is 6.79. The highest BCUT2D eigenvalue weighted by atomic mass is 19.3. The van der Waals surface area contributed by atoms with Gasteiger partial charge in [0.05, 0.1) is 6.10 Å². The highest BCUT2D eigenvalue weighted by Crippen LogP contribution is 2.30. The van der Waals surface area contributed by atoms with E-state index in [0.29, 0.717) is 18.7 Å². The minimum atomic E-state index is -2.96. The number of halogens is 2. The molecule has 152 valence electrons. The molecule has 0 aromatic heterocycles. The first kappa shape index (κ1) is 20.0. The maximum absolute atomic E-state index is 12.8. The molecular weight excluding hydrogens is 376 g/mol. The first-order valence-corrected chi connectivity index (χ1v) is 8.87. The lowest BCUT2D eigenvalue weighted by Crippen LogP contribution is -2.44. The zero-order chi connectivity index (χ0) is 20.3. The minimum Gasteiger partial charge on any atom is -0.435 e. The summed E-state index contributed by atoms with van der Waals surface area (Å²) in [5.41, 5.74) is -1.02. The van der Waals surface area contributed by atoms with E-state index in [-0.39, 0.29) is 11.9 Å². The van der Waals surface area contributed by atoms with Crippen molar-refractivity contribution in [2.75, 3.05) is 19.7 Å². The van der Waals surface area contributed by atoms with Crippen molar-refractivity contribution >= 4 is 17.8 Å². The van der Waals surface area contributed by atoms with Gasteiger partial charge in [0.25, 0.3) is 5.91 Å². The molecule has 10 heteroatoms. The van der Waals surface area contributed by atoms with E-state index < -0.39 is 36.5 Å². The number of imide groups is 1. The van der Waals surface area contributed by atoms with Gasteiger partial charge in [-0.3, -0.25) is 14.5 Å². The molecule has 28 heavy (non-hydrogen) atoms. The average molecular weight is 397 g/mol. The third-order valence-electron chi connectivity index (χ3n) is 4.78. The lowest BCUT2D eigenvalue weighted by Gasteiger charge is -2.22. The van der Waals surface area contributed by atoms with Gasteiger partial charge in [-0.1, -0.05) is 12.1 Å². The van der Waals surface area contributed by atoms with Gasteiger partial charge in [0.15, 0.2) is 0 Å². The van der Waals surface area contributed by atoms with Crippen LogP contribution in [0.25, 0.3) is 0 Å². The molecule has 2 fully saturated rings. The van der Waals surface area contributed by atoms with Crippen LogP contribution >= 0.6 is 0 Å². The lowest BCUT2D eigenvalue weighted by atomic mass is 9.92. The topological polar surface area (TPSA) is 97.0 Å². The van der Waals surface area contributed by atoms with Gasteiger partial charge in [-0.2, -0.15) is 8.78 Å². The first-order chi connectivity index (χ1) is 13.3. The Morgan fingerprint density at radius 3 is 2.71 bits per heavy atom. The molecule has 2 unspecified atom stereocenters. The molecule has 1 aromatic carbocycles. The summed E-state index contributed by atoms with van der Waals surface area (Å²) in [7, 11) is 0. The van der Waals surface area contributed by atoms with Crippen LogP contribution in [0.5, 0.6) is 5.75 Å². The number of urea groups is 1. The number of nitrogens with zero attached hydrogens (tertiary/aromatic N) is 1. The standard InChI is InChI=1S/C18H21F2N3O5/c1-18(11-4-6-12(7-5-11)28-16(19)20)15(25)23(17(26)22-18)10-14(24)21-9-13-3-2-8-27-13/h4-7,13,16H,2-3,8-10H2,1H3,(H,21,24)(H,22,26). The molecule has 2 N–H and O–H groups in total. The summed E-state index contributed by atoms with van der Waals surface area (Å²) < 4.78 is 34.2. The van der Waals surface area contributed by atoms with E-state index in [4.69, 9.17) is 4.74 Å². The fraction of sp³-hybridized carbons (Fsp3) is 0.500. The summed E-state index contributed by atoms with van der Waals surface area (Å²) in [5.74, 6) is -1.14. The van der Waals surface area contributed by atoms with Crippen LogP contribution in [0.1, 0.15) is 25.3 Å². The van der Waals surface area contributed by atoms with Crippen molar-refractivity contribution in [3.05, 3.63) is 29.8 Å². The quantitative estimate of drug-likeness (QED) is 0.677. The number of alkyl halides is 2. The fourth-order valence-electron chi connectivity index (χ4n) is 3.24. The largest absolute Gasteiger partial charge is 0.435 e. The molecular formula is C18H21F2N3O5. The van der Waals surface area contributed by atoms with Crippen LogP contribution in [0.4, 0.5) is 13.6 Å². The van der Waals surface area contributed by atoms with Gasteiger partial charge in [0.2, 0.25) is 5.91 Å². The normalized spacial score (nSPS) is 24.6. The smallest absolute Gasteiger partial charge is 0.387 e. The molecule has 2 atom stereocenters. The van der Waals surface area contributed by atoms with E-state index in [1.54, 1.807) is 0 Å². The zero-order valence-corrected chi connectivity index (χ0v) is 15.2. The van der Waals surface area contributed by atoms with Crippen LogP contribution in [0, 0.1) is 0 Å². The molecule has 0 aliphatic carbocycles. The third-order valence-corrected chi connectivity index (χ3v) is 4.78. The van der Waals surface area contributed by atoms with Gasteiger partial charge in [0, 0.05) is 13.2 Å². The third kappa shape index (κ3) is 4.22. The molecule has 8 nitrogen and oxygen atoms in total. The summed E-state index contributed by atoms with van der Waals surface area (Å²) in [6.45, 7) is -0.906. The highest BCUT2D eigenvalue weighted by molar-refractivity contribution is 6.09. The molecule has 0 bridgehead atoms. The first-order valence-electron chi connectivity index (χ1n) is 8.87. The zero-order valence-electron chi connectivity index (χ0n) is 15.2. The van der Waals surface area contributed by atoms with Crippen LogP contribution in [0.15, 0.2) is 24.3 Å².